The molecule has 0 amide bonds. The largest absolute Gasteiger partial charge is 0.333 e. The Labute approximate surface area is 101 Å². The SMILES string of the molecule is Cc1cc(Cl)nc(NP(=O)(NCl)NCl)n1. The van der Waals surface area contributed by atoms with Crippen LogP contribution in [0.5, 0.6) is 0 Å². The Bertz CT molecular complexity index is 374. The fourth-order valence-electron chi connectivity index (χ4n) is 0.779. The van der Waals surface area contributed by atoms with Gasteiger partial charge in [0, 0.05) is 5.69 Å². The minimum absolute atomic E-state index is 0.0598. The van der Waals surface area contributed by atoms with Gasteiger partial charge in [-0.15, -0.1) is 9.21 Å². The molecule has 0 saturated carbocycles. The number of hydrogen-bond acceptors (Lipinski definition) is 3. The van der Waals surface area contributed by atoms with Crippen molar-refractivity contribution in [1.29, 1.82) is 0 Å². The van der Waals surface area contributed by atoms with Crippen LogP contribution in [0.2, 0.25) is 5.15 Å². The number of nitrogens with zero attached hydrogens (tertiary/aromatic N) is 2. The van der Waals surface area contributed by atoms with Crippen molar-refractivity contribution in [3.8, 4) is 0 Å². The minimum atomic E-state index is -3.35. The zero-order chi connectivity index (χ0) is 11.5. The van der Waals surface area contributed by atoms with Gasteiger partial charge in [0.05, 0.1) is 0 Å². The molecule has 0 aliphatic rings. The molecule has 10 heteroatoms. The first-order valence-corrected chi connectivity index (χ1v) is 6.48. The van der Waals surface area contributed by atoms with Crippen LogP contribution in [0.15, 0.2) is 6.07 Å². The van der Waals surface area contributed by atoms with Gasteiger partial charge in [0.2, 0.25) is 5.95 Å². The normalized spacial score (nSPS) is 11.5. The summed E-state index contributed by atoms with van der Waals surface area (Å²) in [5, 5.41) is 2.62. The maximum Gasteiger partial charge on any atom is 0.333 e. The minimum Gasteiger partial charge on any atom is -0.279 e. The van der Waals surface area contributed by atoms with E-state index in [2.05, 4.69) is 15.1 Å². The maximum atomic E-state index is 11.6. The highest BCUT2D eigenvalue weighted by atomic mass is 35.5. The molecular weight excluding hydrogens is 283 g/mol. The van der Waals surface area contributed by atoms with E-state index in [-0.39, 0.29) is 11.1 Å². The van der Waals surface area contributed by atoms with Crippen molar-refractivity contribution in [2.24, 2.45) is 0 Å². The first kappa shape index (κ1) is 13.0. The lowest BCUT2D eigenvalue weighted by atomic mass is 10.5. The van der Waals surface area contributed by atoms with E-state index >= 15 is 0 Å². The Morgan fingerprint density at radius 3 is 2.40 bits per heavy atom. The summed E-state index contributed by atoms with van der Waals surface area (Å²) in [6.45, 7) is 1.71. The molecule has 84 valence electrons. The molecule has 1 aromatic rings. The van der Waals surface area contributed by atoms with Gasteiger partial charge < -0.3 is 0 Å². The van der Waals surface area contributed by atoms with Crippen LogP contribution in [-0.4, -0.2) is 9.97 Å². The van der Waals surface area contributed by atoms with E-state index in [1.165, 1.54) is 0 Å². The number of aromatic nitrogens is 2. The summed E-state index contributed by atoms with van der Waals surface area (Å²) in [5.41, 5.74) is 0.619. The van der Waals surface area contributed by atoms with Crippen LogP contribution in [0, 0.1) is 6.92 Å². The van der Waals surface area contributed by atoms with E-state index in [4.69, 9.17) is 35.2 Å². The average Bonchev–Trinajstić information content (AvgIpc) is 2.16. The molecule has 0 unspecified atom stereocenters. The number of aryl methyl sites for hydroxylation is 1. The number of rotatable bonds is 4. The lowest BCUT2D eigenvalue weighted by Gasteiger charge is -2.14. The van der Waals surface area contributed by atoms with E-state index in [1.54, 1.807) is 13.0 Å². The van der Waals surface area contributed by atoms with Gasteiger partial charge >= 0.3 is 7.59 Å². The summed E-state index contributed by atoms with van der Waals surface area (Å²) in [6, 6.07) is 1.56. The van der Waals surface area contributed by atoms with Gasteiger partial charge in [-0.1, -0.05) is 11.6 Å². The van der Waals surface area contributed by atoms with Crippen LogP contribution in [0.1, 0.15) is 5.69 Å². The van der Waals surface area contributed by atoms with Crippen molar-refractivity contribution in [1.82, 2.24) is 19.2 Å². The standard InChI is InChI=1S/C5H7Cl3N5OP/c1-3-2-4(6)10-5(9-3)11-15(14,12-7)13-8/h2H,1H3,(H3,9,10,11,12,13,14). The maximum absolute atomic E-state index is 11.6. The molecule has 0 spiro atoms. The van der Waals surface area contributed by atoms with Crippen molar-refractivity contribution in [2.45, 2.75) is 6.92 Å². The van der Waals surface area contributed by atoms with Gasteiger partial charge in [-0.25, -0.2) is 9.97 Å². The Morgan fingerprint density at radius 2 is 1.93 bits per heavy atom. The second-order valence-corrected chi connectivity index (χ2v) is 5.73. The molecule has 0 saturated heterocycles. The Hall–Kier alpha value is -0.100. The molecule has 1 heterocycles. The molecular formula is C5H7Cl3N5OP. The van der Waals surface area contributed by atoms with E-state index in [9.17, 15) is 4.57 Å². The summed E-state index contributed by atoms with van der Waals surface area (Å²) in [6.07, 6.45) is 0. The summed E-state index contributed by atoms with van der Waals surface area (Å²) >= 11 is 16.1. The smallest absolute Gasteiger partial charge is 0.279 e. The molecule has 0 radical (unpaired) electrons. The Kier molecular flexibility index (Phi) is 4.58. The van der Waals surface area contributed by atoms with Crippen LogP contribution in [0.4, 0.5) is 5.95 Å². The first-order valence-electron chi connectivity index (χ1n) is 3.64. The molecule has 0 aromatic carbocycles. The number of nitrogens with one attached hydrogen (secondary N) is 3. The van der Waals surface area contributed by atoms with Crippen LogP contribution in [-0.2, 0) is 4.57 Å². The zero-order valence-corrected chi connectivity index (χ0v) is 10.6. The third kappa shape index (κ3) is 3.75. The van der Waals surface area contributed by atoms with Gasteiger partial charge in [0.15, 0.2) is 0 Å². The van der Waals surface area contributed by atoms with E-state index in [0.29, 0.717) is 5.69 Å². The van der Waals surface area contributed by atoms with E-state index in [1.807, 2.05) is 9.21 Å². The molecule has 3 N–H and O–H groups in total. The highest BCUT2D eigenvalue weighted by Gasteiger charge is 2.20. The molecule has 1 aromatic heterocycles. The van der Waals surface area contributed by atoms with Crippen molar-refractivity contribution in [3.05, 3.63) is 16.9 Å². The van der Waals surface area contributed by atoms with Crippen LogP contribution in [0.25, 0.3) is 0 Å². The first-order chi connectivity index (χ1) is 6.99. The average molecular weight is 290 g/mol. The van der Waals surface area contributed by atoms with Gasteiger partial charge in [-0.3, -0.25) is 9.65 Å². The quantitative estimate of drug-likeness (QED) is 0.449. The summed E-state index contributed by atoms with van der Waals surface area (Å²) < 4.78 is 15.6. The molecule has 6 nitrogen and oxygen atoms in total. The molecule has 0 bridgehead atoms. The Morgan fingerprint density at radius 1 is 1.33 bits per heavy atom. The molecule has 1 rings (SSSR count). The molecule has 15 heavy (non-hydrogen) atoms. The van der Waals surface area contributed by atoms with Gasteiger partial charge in [0.1, 0.15) is 5.15 Å². The van der Waals surface area contributed by atoms with Crippen molar-refractivity contribution in [2.75, 3.05) is 5.09 Å². The zero-order valence-electron chi connectivity index (χ0n) is 7.46. The van der Waals surface area contributed by atoms with Crippen molar-refractivity contribution >= 4 is 48.7 Å². The van der Waals surface area contributed by atoms with Crippen LogP contribution in [0.3, 0.4) is 0 Å². The summed E-state index contributed by atoms with van der Waals surface area (Å²) in [7, 11) is -3.35. The fourth-order valence-corrected chi connectivity index (χ4v) is 2.15. The van der Waals surface area contributed by atoms with Crippen LogP contribution < -0.4 is 14.3 Å². The third-order valence-corrected chi connectivity index (χ3v) is 3.93. The monoisotopic (exact) mass is 289 g/mol. The number of anilines is 1. The van der Waals surface area contributed by atoms with Gasteiger partial charge in [-0.2, -0.15) is 0 Å². The predicted octanol–water partition coefficient (Wildman–Crippen LogP) is 2.45. The topological polar surface area (TPSA) is 78.9 Å². The second-order valence-electron chi connectivity index (χ2n) is 2.55. The van der Waals surface area contributed by atoms with Crippen molar-refractivity contribution in [3.63, 3.8) is 0 Å². The number of hydrogen-bond donors (Lipinski definition) is 3. The number of halogens is 3. The van der Waals surface area contributed by atoms with Crippen LogP contribution >= 0.6 is 42.7 Å². The lowest BCUT2D eigenvalue weighted by Crippen LogP contribution is -2.16. The third-order valence-electron chi connectivity index (χ3n) is 1.32. The molecule has 0 atom stereocenters. The second kappa shape index (κ2) is 5.30. The highest BCUT2D eigenvalue weighted by molar-refractivity contribution is 7.63. The predicted molar refractivity (Wildman–Crippen MR) is 61.0 cm³/mol. The van der Waals surface area contributed by atoms with Gasteiger partial charge in [-0.05, 0) is 36.5 Å². The van der Waals surface area contributed by atoms with E-state index < -0.39 is 7.59 Å². The molecule has 0 fully saturated rings. The highest BCUT2D eigenvalue weighted by Crippen LogP contribution is 2.36. The molecule has 0 aliphatic heterocycles. The van der Waals surface area contributed by atoms with Crippen molar-refractivity contribution < 1.29 is 4.57 Å². The van der Waals surface area contributed by atoms with Gasteiger partial charge in [0.25, 0.3) is 0 Å². The summed E-state index contributed by atoms with van der Waals surface area (Å²) in [5.74, 6) is 0.0598. The summed E-state index contributed by atoms with van der Waals surface area (Å²) in [4.78, 5) is 7.73. The Balaban J connectivity index is 2.93. The fraction of sp³-hybridized carbons (Fsp3) is 0.200. The van der Waals surface area contributed by atoms with E-state index in [0.717, 1.165) is 0 Å². The lowest BCUT2D eigenvalue weighted by molar-refractivity contribution is 0.574. The molecule has 0 aliphatic carbocycles.